The fourth-order valence-electron chi connectivity index (χ4n) is 3.92. The highest BCUT2D eigenvalue weighted by Gasteiger charge is 2.44. The molecule has 0 aromatic heterocycles. The molecule has 0 amide bonds. The second-order valence-electron chi connectivity index (χ2n) is 6.51. The fourth-order valence-corrected chi connectivity index (χ4v) is 6.47. The Labute approximate surface area is 145 Å². The Morgan fingerprint density at radius 2 is 1.96 bits per heavy atom. The third kappa shape index (κ3) is 2.55. The SMILES string of the molecule is NS(=O)(=O)c1cc2c(cc1Cl)N[C@H]([C@@H]1C[C@@H]3C=C[C@H]1C3)NS2(=O)=O. The summed E-state index contributed by atoms with van der Waals surface area (Å²) in [6.07, 6.45) is 5.84. The molecule has 1 fully saturated rings. The van der Waals surface area contributed by atoms with Crippen LogP contribution in [0.25, 0.3) is 0 Å². The summed E-state index contributed by atoms with van der Waals surface area (Å²) in [5.74, 6) is 0.997. The van der Waals surface area contributed by atoms with Crippen LogP contribution in [0.3, 0.4) is 0 Å². The van der Waals surface area contributed by atoms with Crippen molar-refractivity contribution in [1.29, 1.82) is 0 Å². The number of hydrogen-bond acceptors (Lipinski definition) is 5. The molecule has 10 heteroatoms. The van der Waals surface area contributed by atoms with E-state index in [1.54, 1.807) is 0 Å². The van der Waals surface area contributed by atoms with Crippen molar-refractivity contribution >= 4 is 37.3 Å². The van der Waals surface area contributed by atoms with E-state index in [-0.39, 0.29) is 15.8 Å². The molecule has 1 aliphatic heterocycles. The van der Waals surface area contributed by atoms with E-state index >= 15 is 0 Å². The van der Waals surface area contributed by atoms with Crippen LogP contribution in [0.1, 0.15) is 12.8 Å². The van der Waals surface area contributed by atoms with Crippen LogP contribution in [0.15, 0.2) is 34.1 Å². The average molecular weight is 390 g/mol. The second kappa shape index (κ2) is 5.18. The molecule has 7 nitrogen and oxygen atoms in total. The van der Waals surface area contributed by atoms with E-state index < -0.39 is 31.1 Å². The first-order chi connectivity index (χ1) is 11.1. The van der Waals surface area contributed by atoms with Crippen LogP contribution in [0.5, 0.6) is 0 Å². The Hall–Kier alpha value is -1.13. The molecule has 1 heterocycles. The largest absolute Gasteiger partial charge is 0.368 e. The molecule has 0 saturated heterocycles. The lowest BCUT2D eigenvalue weighted by atomic mass is 9.91. The monoisotopic (exact) mass is 389 g/mol. The molecule has 130 valence electrons. The van der Waals surface area contributed by atoms with Gasteiger partial charge in [0.1, 0.15) is 9.79 Å². The predicted octanol–water partition coefficient (Wildman–Crippen LogP) is 1.23. The molecule has 4 N–H and O–H groups in total. The van der Waals surface area contributed by atoms with Gasteiger partial charge in [-0.05, 0) is 36.8 Å². The maximum absolute atomic E-state index is 12.6. The van der Waals surface area contributed by atoms with Crippen molar-refractivity contribution in [2.75, 3.05) is 5.32 Å². The first-order valence-electron chi connectivity index (χ1n) is 7.49. The summed E-state index contributed by atoms with van der Waals surface area (Å²) in [6, 6.07) is 2.31. The number of sulfonamides is 2. The van der Waals surface area contributed by atoms with Crippen LogP contribution in [0.4, 0.5) is 5.69 Å². The minimum Gasteiger partial charge on any atom is -0.368 e. The Morgan fingerprint density at radius 1 is 1.21 bits per heavy atom. The number of nitrogens with one attached hydrogen (secondary N) is 2. The highest BCUT2D eigenvalue weighted by Crippen LogP contribution is 2.46. The fraction of sp³-hybridized carbons (Fsp3) is 0.429. The molecule has 0 unspecified atom stereocenters. The normalized spacial score (nSPS) is 33.2. The zero-order valence-corrected chi connectivity index (χ0v) is 14.8. The van der Waals surface area contributed by atoms with Crippen molar-refractivity contribution in [1.82, 2.24) is 4.72 Å². The van der Waals surface area contributed by atoms with Crippen molar-refractivity contribution < 1.29 is 16.8 Å². The van der Waals surface area contributed by atoms with Gasteiger partial charge in [-0.1, -0.05) is 23.8 Å². The van der Waals surface area contributed by atoms with Crippen molar-refractivity contribution in [2.45, 2.75) is 28.8 Å². The molecule has 3 aliphatic rings. The van der Waals surface area contributed by atoms with Crippen LogP contribution in [-0.2, 0) is 20.0 Å². The maximum atomic E-state index is 12.6. The minimum atomic E-state index is -4.11. The summed E-state index contributed by atoms with van der Waals surface area (Å²) < 4.78 is 50.9. The van der Waals surface area contributed by atoms with Crippen LogP contribution >= 0.6 is 11.6 Å². The summed E-state index contributed by atoms with van der Waals surface area (Å²) in [7, 11) is -7.97. The van der Waals surface area contributed by atoms with E-state index in [1.807, 2.05) is 0 Å². The Bertz CT molecular complexity index is 958. The van der Waals surface area contributed by atoms with Gasteiger partial charge in [0.25, 0.3) is 0 Å². The number of halogens is 1. The molecule has 0 spiro atoms. The number of nitrogens with two attached hydrogens (primary N) is 1. The van der Waals surface area contributed by atoms with Gasteiger partial charge in [0.15, 0.2) is 0 Å². The number of allylic oxidation sites excluding steroid dienone is 2. The van der Waals surface area contributed by atoms with Crippen molar-refractivity contribution in [3.8, 4) is 0 Å². The van der Waals surface area contributed by atoms with Gasteiger partial charge in [-0.2, -0.15) is 4.72 Å². The van der Waals surface area contributed by atoms with Crippen LogP contribution < -0.4 is 15.2 Å². The van der Waals surface area contributed by atoms with Crippen molar-refractivity contribution in [3.63, 3.8) is 0 Å². The number of anilines is 1. The standard InChI is InChI=1S/C14H16ClN3O4S2/c15-10-5-11-13(6-12(10)23(16,19)20)24(21,22)18-14(17-11)9-4-7-1-2-8(9)3-7/h1-2,5-9,14,17-18H,3-4H2,(H2,16,19,20)/t7-,8+,9-,14+/m1/s1. The number of fused-ring (bicyclic) bond motifs is 3. The van der Waals surface area contributed by atoms with Gasteiger partial charge < -0.3 is 5.32 Å². The second-order valence-corrected chi connectivity index (χ2v) is 10.1. The van der Waals surface area contributed by atoms with Gasteiger partial charge in [-0.25, -0.2) is 22.0 Å². The van der Waals surface area contributed by atoms with E-state index in [2.05, 4.69) is 22.2 Å². The summed E-state index contributed by atoms with van der Waals surface area (Å²) in [5.41, 5.74) is 0.294. The predicted molar refractivity (Wildman–Crippen MR) is 89.4 cm³/mol. The third-order valence-electron chi connectivity index (χ3n) is 4.98. The molecule has 0 radical (unpaired) electrons. The van der Waals surface area contributed by atoms with Crippen molar-refractivity contribution in [3.05, 3.63) is 29.3 Å². The molecule has 4 atom stereocenters. The third-order valence-corrected chi connectivity index (χ3v) is 7.84. The van der Waals surface area contributed by atoms with Crippen LogP contribution in [0.2, 0.25) is 5.02 Å². The molecule has 1 aromatic carbocycles. The Kier molecular flexibility index (Phi) is 3.53. The highest BCUT2D eigenvalue weighted by atomic mass is 35.5. The highest BCUT2D eigenvalue weighted by molar-refractivity contribution is 7.90. The van der Waals surface area contributed by atoms with E-state index in [0.29, 0.717) is 17.5 Å². The van der Waals surface area contributed by atoms with Crippen molar-refractivity contribution in [2.24, 2.45) is 22.9 Å². The Morgan fingerprint density at radius 3 is 2.54 bits per heavy atom. The smallest absolute Gasteiger partial charge is 0.244 e. The lowest BCUT2D eigenvalue weighted by molar-refractivity contribution is 0.363. The molecule has 24 heavy (non-hydrogen) atoms. The van der Waals surface area contributed by atoms with E-state index in [1.165, 1.54) is 6.07 Å². The first-order valence-corrected chi connectivity index (χ1v) is 10.9. The van der Waals surface area contributed by atoms with Gasteiger partial charge in [0, 0.05) is 5.92 Å². The summed E-state index contributed by atoms with van der Waals surface area (Å²) in [5, 5.41) is 8.14. The quantitative estimate of drug-likeness (QED) is 0.657. The molecule has 1 aromatic rings. The minimum absolute atomic E-state index is 0.104. The Balaban J connectivity index is 1.76. The van der Waals surface area contributed by atoms with E-state index in [0.717, 1.165) is 18.9 Å². The molecular formula is C14H16ClN3O4S2. The number of hydrogen-bond donors (Lipinski definition) is 3. The molecular weight excluding hydrogens is 374 g/mol. The number of primary sulfonamides is 1. The lowest BCUT2D eigenvalue weighted by Crippen LogP contribution is -2.50. The van der Waals surface area contributed by atoms with Gasteiger partial charge in [-0.15, -0.1) is 0 Å². The lowest BCUT2D eigenvalue weighted by Gasteiger charge is -2.35. The summed E-state index contributed by atoms with van der Waals surface area (Å²) >= 11 is 5.98. The summed E-state index contributed by atoms with van der Waals surface area (Å²) in [6.45, 7) is 0. The van der Waals surface area contributed by atoms with Gasteiger partial charge >= 0.3 is 0 Å². The first kappa shape index (κ1) is 16.3. The molecule has 2 aliphatic carbocycles. The number of benzene rings is 1. The number of rotatable bonds is 2. The van der Waals surface area contributed by atoms with E-state index in [4.69, 9.17) is 16.7 Å². The topological polar surface area (TPSA) is 118 Å². The maximum Gasteiger partial charge on any atom is 0.244 e. The van der Waals surface area contributed by atoms with Gasteiger partial charge in [0.2, 0.25) is 20.0 Å². The molecule has 2 bridgehead atoms. The van der Waals surface area contributed by atoms with E-state index in [9.17, 15) is 16.8 Å². The molecule has 1 saturated carbocycles. The van der Waals surface area contributed by atoms with Gasteiger partial charge in [0.05, 0.1) is 16.9 Å². The summed E-state index contributed by atoms with van der Waals surface area (Å²) in [4.78, 5) is -0.567. The zero-order valence-electron chi connectivity index (χ0n) is 12.4. The van der Waals surface area contributed by atoms with Crippen LogP contribution in [-0.4, -0.2) is 23.0 Å². The average Bonchev–Trinajstić information content (AvgIpc) is 3.06. The van der Waals surface area contributed by atoms with Crippen LogP contribution in [0, 0.1) is 17.8 Å². The van der Waals surface area contributed by atoms with Gasteiger partial charge in [-0.3, -0.25) is 0 Å². The molecule has 4 rings (SSSR count). The zero-order chi connectivity index (χ0) is 17.3.